The van der Waals surface area contributed by atoms with E-state index >= 15 is 0 Å². The lowest BCUT2D eigenvalue weighted by atomic mass is 9.89. The van der Waals surface area contributed by atoms with Crippen molar-refractivity contribution in [2.24, 2.45) is 5.92 Å². The molecule has 1 atom stereocenters. The van der Waals surface area contributed by atoms with Crippen LogP contribution in [0.4, 0.5) is 5.00 Å². The molecule has 1 N–H and O–H groups in total. The molecule has 1 aliphatic carbocycles. The van der Waals surface area contributed by atoms with Gasteiger partial charge in [-0.15, -0.1) is 32.9 Å². The normalized spacial score (nSPS) is 15.4. The van der Waals surface area contributed by atoms with Crippen LogP contribution in [0.15, 0.2) is 16.6 Å². The van der Waals surface area contributed by atoms with Crippen molar-refractivity contribution in [1.29, 1.82) is 5.26 Å². The number of thioether (sulfide) groups is 1. The van der Waals surface area contributed by atoms with Crippen LogP contribution in [-0.2, 0) is 30.6 Å². The molecule has 0 aromatic carbocycles. The van der Waals surface area contributed by atoms with Crippen LogP contribution in [-0.4, -0.2) is 26.4 Å². The van der Waals surface area contributed by atoms with Gasteiger partial charge in [0.25, 0.3) is 0 Å². The maximum atomic E-state index is 12.7. The molecule has 0 saturated carbocycles. The van der Waals surface area contributed by atoms with Crippen LogP contribution in [0.25, 0.3) is 11.4 Å². The number of aryl methyl sites for hydroxylation is 1. The Hall–Kier alpha value is -2.15. The van der Waals surface area contributed by atoms with Crippen molar-refractivity contribution >= 4 is 45.3 Å². The van der Waals surface area contributed by atoms with Crippen LogP contribution < -0.4 is 5.32 Å². The van der Waals surface area contributed by atoms with Gasteiger partial charge in [-0.3, -0.25) is 4.79 Å². The Labute approximate surface area is 201 Å². The molecule has 1 amide bonds. The minimum atomic E-state index is -0.119. The fourth-order valence-corrected chi connectivity index (χ4v) is 7.17. The Bertz CT molecular complexity index is 1150. The number of aromatic nitrogens is 3. The van der Waals surface area contributed by atoms with Gasteiger partial charge in [0.2, 0.25) is 5.91 Å². The predicted molar refractivity (Wildman–Crippen MR) is 133 cm³/mol. The Morgan fingerprint density at radius 3 is 3.00 bits per heavy atom. The molecule has 0 radical (unpaired) electrons. The van der Waals surface area contributed by atoms with Gasteiger partial charge in [-0.25, -0.2) is 0 Å². The number of nitrogens with zero attached hydrogens (tertiary/aromatic N) is 4. The van der Waals surface area contributed by atoms with Gasteiger partial charge in [0.05, 0.1) is 11.3 Å². The largest absolute Gasteiger partial charge is 0.316 e. The second-order valence-electron chi connectivity index (χ2n) is 8.11. The standard InChI is InChI=1S/C23H27N5OS3/c1-4-6-16-10-15(12-30-16)21-26-27-23(28(21)5-2)31-13-20(29)25-22-18(11-24)17-8-7-14(3)9-19(17)32-22/h10,12,14H,4-9,13H2,1-3H3,(H,25,29). The maximum Gasteiger partial charge on any atom is 0.235 e. The first-order valence-corrected chi connectivity index (χ1v) is 13.7. The molecule has 3 heterocycles. The number of fused-ring (bicyclic) bond motifs is 1. The van der Waals surface area contributed by atoms with E-state index in [0.717, 1.165) is 60.8 Å². The highest BCUT2D eigenvalue weighted by molar-refractivity contribution is 7.99. The van der Waals surface area contributed by atoms with Gasteiger partial charge in [-0.1, -0.05) is 32.0 Å². The highest BCUT2D eigenvalue weighted by atomic mass is 32.2. The Morgan fingerprint density at radius 1 is 1.41 bits per heavy atom. The summed E-state index contributed by atoms with van der Waals surface area (Å²) >= 11 is 4.70. The topological polar surface area (TPSA) is 83.6 Å². The zero-order valence-corrected chi connectivity index (χ0v) is 21.1. The highest BCUT2D eigenvalue weighted by Gasteiger charge is 2.25. The number of thiophene rings is 2. The summed E-state index contributed by atoms with van der Waals surface area (Å²) in [6, 6.07) is 4.50. The molecular formula is C23H27N5OS3. The first-order valence-electron chi connectivity index (χ1n) is 11.0. The fourth-order valence-electron chi connectivity index (χ4n) is 4.02. The number of nitriles is 1. The van der Waals surface area contributed by atoms with E-state index in [-0.39, 0.29) is 11.7 Å². The third-order valence-corrected chi connectivity index (χ3v) is 8.78. The molecule has 0 bridgehead atoms. The molecular weight excluding hydrogens is 458 g/mol. The van der Waals surface area contributed by atoms with E-state index in [4.69, 9.17) is 0 Å². The summed E-state index contributed by atoms with van der Waals surface area (Å²) in [5.74, 6) is 1.58. The quantitative estimate of drug-likeness (QED) is 0.410. The van der Waals surface area contributed by atoms with Gasteiger partial charge in [-0.2, -0.15) is 5.26 Å². The molecule has 1 unspecified atom stereocenters. The van der Waals surface area contributed by atoms with Crippen LogP contribution in [0.5, 0.6) is 0 Å². The third kappa shape index (κ3) is 4.77. The zero-order chi connectivity index (χ0) is 22.7. The molecule has 168 valence electrons. The minimum Gasteiger partial charge on any atom is -0.316 e. The van der Waals surface area contributed by atoms with Gasteiger partial charge >= 0.3 is 0 Å². The molecule has 0 spiro atoms. The van der Waals surface area contributed by atoms with Crippen molar-refractivity contribution in [2.45, 2.75) is 64.6 Å². The van der Waals surface area contributed by atoms with Crippen LogP contribution in [0, 0.1) is 17.2 Å². The second kappa shape index (κ2) is 10.2. The van der Waals surface area contributed by atoms with Gasteiger partial charge in [0, 0.05) is 27.2 Å². The average Bonchev–Trinajstić information content (AvgIpc) is 3.48. The average molecular weight is 486 g/mol. The van der Waals surface area contributed by atoms with E-state index in [2.05, 4.69) is 58.4 Å². The Kier molecular flexibility index (Phi) is 7.33. The van der Waals surface area contributed by atoms with Crippen molar-refractivity contribution < 1.29 is 4.79 Å². The number of anilines is 1. The number of nitrogens with one attached hydrogen (secondary N) is 1. The number of rotatable bonds is 8. The number of carbonyl (C=O) groups is 1. The van der Waals surface area contributed by atoms with Crippen LogP contribution in [0.3, 0.4) is 0 Å². The first-order chi connectivity index (χ1) is 15.5. The van der Waals surface area contributed by atoms with E-state index in [1.165, 1.54) is 21.5 Å². The summed E-state index contributed by atoms with van der Waals surface area (Å²) in [7, 11) is 0. The SMILES string of the molecule is CCCc1cc(-c2nnc(SCC(=O)Nc3sc4c(c3C#N)CCC(C)C4)n2CC)cs1. The van der Waals surface area contributed by atoms with Crippen molar-refractivity contribution in [2.75, 3.05) is 11.1 Å². The lowest BCUT2D eigenvalue weighted by Crippen LogP contribution is -2.14. The Morgan fingerprint density at radius 2 is 2.25 bits per heavy atom. The van der Waals surface area contributed by atoms with Crippen LogP contribution >= 0.6 is 34.4 Å². The summed E-state index contributed by atoms with van der Waals surface area (Å²) < 4.78 is 2.06. The van der Waals surface area contributed by atoms with Gasteiger partial charge < -0.3 is 9.88 Å². The predicted octanol–water partition coefficient (Wildman–Crippen LogP) is 5.77. The summed E-state index contributed by atoms with van der Waals surface area (Å²) in [5, 5.41) is 24.9. The van der Waals surface area contributed by atoms with Gasteiger partial charge in [0.1, 0.15) is 11.1 Å². The van der Waals surface area contributed by atoms with E-state index < -0.39 is 0 Å². The Balaban J connectivity index is 1.44. The van der Waals surface area contributed by atoms with Crippen molar-refractivity contribution in [3.63, 3.8) is 0 Å². The second-order valence-corrected chi connectivity index (χ2v) is 11.2. The monoisotopic (exact) mass is 485 g/mol. The lowest BCUT2D eigenvalue weighted by Gasteiger charge is -2.17. The third-order valence-electron chi connectivity index (χ3n) is 5.65. The number of carbonyl (C=O) groups excluding carboxylic acids is 1. The molecule has 9 heteroatoms. The molecule has 3 aromatic rings. The molecule has 6 nitrogen and oxygen atoms in total. The van der Waals surface area contributed by atoms with Crippen molar-refractivity contribution in [3.8, 4) is 17.5 Å². The molecule has 1 aliphatic rings. The first kappa shape index (κ1) is 23.0. The van der Waals surface area contributed by atoms with E-state index in [1.807, 2.05) is 0 Å². The molecule has 32 heavy (non-hydrogen) atoms. The molecule has 0 fully saturated rings. The summed E-state index contributed by atoms with van der Waals surface area (Å²) in [4.78, 5) is 15.3. The number of hydrogen-bond acceptors (Lipinski definition) is 7. The smallest absolute Gasteiger partial charge is 0.235 e. The maximum absolute atomic E-state index is 12.7. The van der Waals surface area contributed by atoms with Gasteiger partial charge in [0.15, 0.2) is 11.0 Å². The number of hydrogen-bond donors (Lipinski definition) is 1. The van der Waals surface area contributed by atoms with Crippen molar-refractivity contribution in [1.82, 2.24) is 14.8 Å². The van der Waals surface area contributed by atoms with Crippen molar-refractivity contribution in [3.05, 3.63) is 32.3 Å². The highest BCUT2D eigenvalue weighted by Crippen LogP contribution is 2.39. The van der Waals surface area contributed by atoms with Gasteiger partial charge in [-0.05, 0) is 50.2 Å². The van der Waals surface area contributed by atoms with E-state index in [9.17, 15) is 10.1 Å². The summed E-state index contributed by atoms with van der Waals surface area (Å²) in [5.41, 5.74) is 2.86. The van der Waals surface area contributed by atoms with Crippen LogP contribution in [0.1, 0.15) is 54.5 Å². The minimum absolute atomic E-state index is 0.119. The molecule has 0 saturated heterocycles. The van der Waals surface area contributed by atoms with Crippen LogP contribution in [0.2, 0.25) is 0 Å². The van der Waals surface area contributed by atoms with E-state index in [1.54, 1.807) is 22.7 Å². The summed E-state index contributed by atoms with van der Waals surface area (Å²) in [6.07, 6.45) is 5.20. The lowest BCUT2D eigenvalue weighted by molar-refractivity contribution is -0.113. The zero-order valence-electron chi connectivity index (χ0n) is 18.6. The summed E-state index contributed by atoms with van der Waals surface area (Å²) in [6.45, 7) is 7.22. The molecule has 0 aliphatic heterocycles. The van der Waals surface area contributed by atoms with E-state index in [0.29, 0.717) is 16.5 Å². The molecule has 3 aromatic heterocycles. The molecule has 4 rings (SSSR count). The number of amides is 1. The fraction of sp³-hybridized carbons (Fsp3) is 0.478.